The molecule has 154 valence electrons. The fourth-order valence-corrected chi connectivity index (χ4v) is 3.24. The molecule has 0 N–H and O–H groups in total. The summed E-state index contributed by atoms with van der Waals surface area (Å²) in [5, 5.41) is 0.859. The molecule has 0 radical (unpaired) electrons. The summed E-state index contributed by atoms with van der Waals surface area (Å²) in [7, 11) is 1.30. The van der Waals surface area contributed by atoms with E-state index in [2.05, 4.69) is 9.72 Å². The highest BCUT2D eigenvalue weighted by molar-refractivity contribution is 6.32. The number of aromatic nitrogens is 1. The molecule has 0 saturated heterocycles. The number of nitrogens with zero attached hydrogens (tertiary/aromatic N) is 2. The summed E-state index contributed by atoms with van der Waals surface area (Å²) < 4.78 is 16.3. The largest absolute Gasteiger partial charge is 0.482 e. The number of carbonyl (C=O) groups excluding carboxylic acids is 2. The highest BCUT2D eigenvalue weighted by atomic mass is 35.5. The molecule has 1 atom stereocenters. The van der Waals surface area contributed by atoms with E-state index in [0.717, 1.165) is 5.69 Å². The lowest BCUT2D eigenvalue weighted by atomic mass is 10.1. The van der Waals surface area contributed by atoms with Gasteiger partial charge < -0.3 is 19.1 Å². The van der Waals surface area contributed by atoms with Crippen LogP contribution in [0.1, 0.15) is 31.6 Å². The molecule has 0 saturated carbocycles. The first-order valence-corrected chi connectivity index (χ1v) is 9.80. The Kier molecular flexibility index (Phi) is 6.82. The van der Waals surface area contributed by atoms with E-state index in [4.69, 9.17) is 32.7 Å². The molecular weight excluding hydrogens is 419 g/mol. The maximum Gasteiger partial charge on any atom is 0.307 e. The van der Waals surface area contributed by atoms with Gasteiger partial charge in [0.2, 0.25) is 0 Å². The molecule has 0 aliphatic carbocycles. The molecule has 3 rings (SSSR count). The fourth-order valence-electron chi connectivity index (χ4n) is 2.93. The monoisotopic (exact) mass is 438 g/mol. The third-order valence-corrected chi connectivity index (χ3v) is 4.96. The fraction of sp³-hybridized carbons (Fsp3) is 0.350. The Morgan fingerprint density at radius 3 is 2.79 bits per heavy atom. The maximum absolute atomic E-state index is 12.2. The molecule has 1 amide bonds. The molecular formula is C20H20Cl2N2O5. The second-order valence-corrected chi connectivity index (χ2v) is 7.17. The van der Waals surface area contributed by atoms with Crippen LogP contribution >= 0.6 is 23.2 Å². The van der Waals surface area contributed by atoms with Crippen molar-refractivity contribution >= 4 is 40.8 Å². The summed E-state index contributed by atoms with van der Waals surface area (Å²) in [6.07, 6.45) is 1.96. The van der Waals surface area contributed by atoms with Gasteiger partial charge in [0.15, 0.2) is 6.61 Å². The van der Waals surface area contributed by atoms with E-state index in [1.54, 1.807) is 30.5 Å². The van der Waals surface area contributed by atoms with Gasteiger partial charge in [0.1, 0.15) is 17.6 Å². The Morgan fingerprint density at radius 2 is 2.14 bits per heavy atom. The van der Waals surface area contributed by atoms with Crippen LogP contribution in [0, 0.1) is 0 Å². The first-order chi connectivity index (χ1) is 13.9. The number of pyridine rings is 1. The van der Waals surface area contributed by atoms with Crippen molar-refractivity contribution < 1.29 is 23.8 Å². The topological polar surface area (TPSA) is 78.0 Å². The molecule has 1 unspecified atom stereocenters. The molecule has 2 aromatic rings. The molecule has 29 heavy (non-hydrogen) atoms. The number of benzene rings is 1. The van der Waals surface area contributed by atoms with Gasteiger partial charge in [-0.25, -0.2) is 0 Å². The predicted molar refractivity (Wildman–Crippen MR) is 109 cm³/mol. The molecule has 7 nitrogen and oxygen atoms in total. The number of halogens is 2. The minimum atomic E-state index is -0.404. The number of hydrogen-bond acceptors (Lipinski definition) is 6. The molecule has 9 heteroatoms. The summed E-state index contributed by atoms with van der Waals surface area (Å²) in [5.41, 5.74) is 1.21. The number of ether oxygens (including phenoxy) is 3. The average molecular weight is 439 g/mol. The lowest BCUT2D eigenvalue weighted by Crippen LogP contribution is -2.40. The van der Waals surface area contributed by atoms with Crippen LogP contribution in [0.5, 0.6) is 11.5 Å². The van der Waals surface area contributed by atoms with Gasteiger partial charge in [-0.1, -0.05) is 30.1 Å². The zero-order valence-electron chi connectivity index (χ0n) is 16.0. The molecule has 0 spiro atoms. The molecule has 1 aliphatic rings. The van der Waals surface area contributed by atoms with E-state index in [-0.39, 0.29) is 31.6 Å². The van der Waals surface area contributed by atoms with Crippen LogP contribution in [0.2, 0.25) is 10.0 Å². The zero-order valence-corrected chi connectivity index (χ0v) is 17.5. The number of carbonyl (C=O) groups is 2. The van der Waals surface area contributed by atoms with E-state index in [9.17, 15) is 9.59 Å². The van der Waals surface area contributed by atoms with Crippen molar-refractivity contribution in [3.63, 3.8) is 0 Å². The average Bonchev–Trinajstić information content (AvgIpc) is 2.72. The molecule has 1 aliphatic heterocycles. The minimum Gasteiger partial charge on any atom is -0.482 e. The molecule has 0 bridgehead atoms. The van der Waals surface area contributed by atoms with Gasteiger partial charge >= 0.3 is 5.97 Å². The van der Waals surface area contributed by atoms with E-state index in [0.29, 0.717) is 33.7 Å². The number of methoxy groups -OCH3 is 1. The van der Waals surface area contributed by atoms with Crippen molar-refractivity contribution in [2.45, 2.75) is 25.9 Å². The van der Waals surface area contributed by atoms with Crippen molar-refractivity contribution in [2.75, 3.05) is 25.2 Å². The summed E-state index contributed by atoms with van der Waals surface area (Å²) in [4.78, 5) is 29.5. The predicted octanol–water partition coefficient (Wildman–Crippen LogP) is 4.21. The number of anilines is 1. The maximum atomic E-state index is 12.2. The van der Waals surface area contributed by atoms with Crippen molar-refractivity contribution in [3.8, 4) is 11.5 Å². The Balaban J connectivity index is 1.84. The van der Waals surface area contributed by atoms with Crippen LogP contribution in [0.25, 0.3) is 0 Å². The highest BCUT2D eigenvalue weighted by Crippen LogP contribution is 2.42. The van der Waals surface area contributed by atoms with Gasteiger partial charge in [0, 0.05) is 18.8 Å². The lowest BCUT2D eigenvalue weighted by molar-refractivity contribution is -0.140. The van der Waals surface area contributed by atoms with Crippen molar-refractivity contribution in [1.82, 2.24) is 4.98 Å². The second kappa shape index (κ2) is 9.33. The van der Waals surface area contributed by atoms with E-state index >= 15 is 0 Å². The molecule has 1 aromatic heterocycles. The number of esters is 1. The lowest BCUT2D eigenvalue weighted by Gasteiger charge is -2.30. The summed E-state index contributed by atoms with van der Waals surface area (Å²) in [6, 6.07) is 6.79. The van der Waals surface area contributed by atoms with Crippen molar-refractivity contribution in [2.24, 2.45) is 0 Å². The van der Waals surface area contributed by atoms with E-state index in [1.807, 2.05) is 6.92 Å². The summed E-state index contributed by atoms with van der Waals surface area (Å²) >= 11 is 12.3. The summed E-state index contributed by atoms with van der Waals surface area (Å²) in [6.45, 7) is 2.01. The van der Waals surface area contributed by atoms with Crippen LogP contribution in [-0.2, 0) is 14.3 Å². The standard InChI is InChI=1S/C20H20Cl2N2O5/c1-3-16(14-5-4-12(21)10-23-14)29-17-9-18-15(8-13(17)22)24(19(25)11-28-18)7-6-20(26)27-2/h4-5,8-10,16H,3,6-7,11H2,1-2H3. The SMILES string of the molecule is CCC(Oc1cc2c(cc1Cl)N(CCC(=O)OC)C(=O)CO2)c1ccc(Cl)cn1. The Bertz CT molecular complexity index is 904. The second-order valence-electron chi connectivity index (χ2n) is 6.33. The van der Waals surface area contributed by atoms with Crippen molar-refractivity contribution in [3.05, 3.63) is 46.2 Å². The van der Waals surface area contributed by atoms with Gasteiger partial charge in [-0.15, -0.1) is 0 Å². The Labute approximate surface area is 178 Å². The smallest absolute Gasteiger partial charge is 0.307 e. The molecule has 2 heterocycles. The number of fused-ring (bicyclic) bond motifs is 1. The minimum absolute atomic E-state index is 0.0672. The van der Waals surface area contributed by atoms with Gasteiger partial charge in [0.05, 0.1) is 35.0 Å². The normalized spacial score (nSPS) is 14.1. The quantitative estimate of drug-likeness (QED) is 0.602. The third-order valence-electron chi connectivity index (χ3n) is 4.44. The van der Waals surface area contributed by atoms with Gasteiger partial charge in [-0.3, -0.25) is 14.6 Å². The van der Waals surface area contributed by atoms with Crippen LogP contribution in [-0.4, -0.2) is 37.1 Å². The van der Waals surface area contributed by atoms with Gasteiger partial charge in [0.25, 0.3) is 5.91 Å². The highest BCUT2D eigenvalue weighted by Gasteiger charge is 2.28. The van der Waals surface area contributed by atoms with E-state index in [1.165, 1.54) is 12.0 Å². The van der Waals surface area contributed by atoms with Gasteiger partial charge in [-0.05, 0) is 24.6 Å². The van der Waals surface area contributed by atoms with Gasteiger partial charge in [-0.2, -0.15) is 0 Å². The Morgan fingerprint density at radius 1 is 1.34 bits per heavy atom. The van der Waals surface area contributed by atoms with Crippen LogP contribution in [0.15, 0.2) is 30.5 Å². The number of rotatable bonds is 7. The molecule has 0 fully saturated rings. The molecule has 1 aromatic carbocycles. The van der Waals surface area contributed by atoms with Crippen LogP contribution in [0.3, 0.4) is 0 Å². The van der Waals surface area contributed by atoms with Crippen LogP contribution < -0.4 is 14.4 Å². The zero-order chi connectivity index (χ0) is 21.0. The van der Waals surface area contributed by atoms with Crippen molar-refractivity contribution in [1.29, 1.82) is 0 Å². The third kappa shape index (κ3) is 4.92. The summed E-state index contributed by atoms with van der Waals surface area (Å²) in [5.74, 6) is 0.199. The first kappa shape index (κ1) is 21.2. The van der Waals surface area contributed by atoms with Crippen LogP contribution in [0.4, 0.5) is 5.69 Å². The van der Waals surface area contributed by atoms with E-state index < -0.39 is 5.97 Å². The Hall–Kier alpha value is -2.51. The number of hydrogen-bond donors (Lipinski definition) is 0. The first-order valence-electron chi connectivity index (χ1n) is 9.04. The number of amides is 1.